The summed E-state index contributed by atoms with van der Waals surface area (Å²) in [6.07, 6.45) is 7.33. The number of rotatable bonds is 2. The third-order valence-corrected chi connectivity index (χ3v) is 5.12. The van der Waals surface area contributed by atoms with E-state index in [9.17, 15) is 14.4 Å². The molecule has 0 unspecified atom stereocenters. The Hall–Kier alpha value is -2.31. The molecular weight excluding hydrogens is 320 g/mol. The van der Waals surface area contributed by atoms with E-state index in [0.29, 0.717) is 37.8 Å². The summed E-state index contributed by atoms with van der Waals surface area (Å²) in [4.78, 5) is 39.9. The molecule has 7 heteroatoms. The van der Waals surface area contributed by atoms with Crippen molar-refractivity contribution in [1.82, 2.24) is 19.7 Å². The largest absolute Gasteiger partial charge is 0.335 e. The number of nitrogens with zero attached hydrogens (tertiary/aromatic N) is 3. The van der Waals surface area contributed by atoms with Gasteiger partial charge in [0.2, 0.25) is 5.56 Å². The smallest absolute Gasteiger partial charge is 0.317 e. The molecule has 0 radical (unpaired) electrons. The van der Waals surface area contributed by atoms with Crippen molar-refractivity contribution in [3.05, 3.63) is 34.2 Å². The van der Waals surface area contributed by atoms with Crippen molar-refractivity contribution in [3.8, 4) is 0 Å². The van der Waals surface area contributed by atoms with Gasteiger partial charge in [-0.2, -0.15) is 0 Å². The van der Waals surface area contributed by atoms with Gasteiger partial charge in [-0.3, -0.25) is 9.59 Å². The van der Waals surface area contributed by atoms with Crippen LogP contribution in [-0.4, -0.2) is 58.5 Å². The average Bonchev–Trinajstić information content (AvgIpc) is 2.64. The molecule has 3 amide bonds. The van der Waals surface area contributed by atoms with Crippen LogP contribution in [0.2, 0.25) is 0 Å². The molecule has 1 aliphatic heterocycles. The number of pyridine rings is 1. The summed E-state index contributed by atoms with van der Waals surface area (Å²) in [5.41, 5.74) is 0.364. The molecule has 136 valence electrons. The third-order valence-electron chi connectivity index (χ3n) is 5.12. The number of nitrogens with one attached hydrogen (secondary N) is 1. The van der Waals surface area contributed by atoms with Gasteiger partial charge in [-0.15, -0.1) is 0 Å². The van der Waals surface area contributed by atoms with Crippen molar-refractivity contribution in [3.63, 3.8) is 0 Å². The Bertz CT molecular complexity index is 686. The molecule has 2 heterocycles. The summed E-state index contributed by atoms with van der Waals surface area (Å²) < 4.78 is 1.40. The Kier molecular flexibility index (Phi) is 5.40. The molecule has 7 nitrogen and oxygen atoms in total. The van der Waals surface area contributed by atoms with Gasteiger partial charge in [0.25, 0.3) is 5.91 Å². The topological polar surface area (TPSA) is 74.7 Å². The van der Waals surface area contributed by atoms with Crippen LogP contribution in [0.3, 0.4) is 0 Å². The number of urea groups is 1. The maximum Gasteiger partial charge on any atom is 0.317 e. The second-order valence-corrected chi connectivity index (χ2v) is 6.93. The average molecular weight is 346 g/mol. The predicted octanol–water partition coefficient (Wildman–Crippen LogP) is 1.19. The van der Waals surface area contributed by atoms with Gasteiger partial charge in [-0.05, 0) is 18.9 Å². The van der Waals surface area contributed by atoms with E-state index in [2.05, 4.69) is 5.32 Å². The van der Waals surface area contributed by atoms with E-state index in [4.69, 9.17) is 0 Å². The molecule has 1 aromatic rings. The lowest BCUT2D eigenvalue weighted by molar-refractivity contribution is 0.0661. The Morgan fingerprint density at radius 2 is 1.64 bits per heavy atom. The number of piperazine rings is 1. The Morgan fingerprint density at radius 1 is 1.00 bits per heavy atom. The molecule has 1 saturated heterocycles. The van der Waals surface area contributed by atoms with E-state index >= 15 is 0 Å². The van der Waals surface area contributed by atoms with Gasteiger partial charge in [0, 0.05) is 51.5 Å². The molecule has 1 aliphatic carbocycles. The van der Waals surface area contributed by atoms with Crippen LogP contribution < -0.4 is 10.9 Å². The molecule has 2 aliphatic rings. The van der Waals surface area contributed by atoms with E-state index in [1.165, 1.54) is 29.9 Å². The standard InChI is InChI=1S/C18H26N4O3/c1-20-13-14(7-8-16(20)23)17(24)21-9-11-22(12-10-21)18(25)19-15-5-3-2-4-6-15/h7-8,13,15H,2-6,9-12H2,1H3,(H,19,25). The lowest BCUT2D eigenvalue weighted by atomic mass is 9.96. The molecule has 1 N–H and O–H groups in total. The van der Waals surface area contributed by atoms with E-state index in [-0.39, 0.29) is 17.5 Å². The summed E-state index contributed by atoms with van der Waals surface area (Å²) >= 11 is 0. The highest BCUT2D eigenvalue weighted by atomic mass is 16.2. The van der Waals surface area contributed by atoms with Crippen LogP contribution in [0.15, 0.2) is 23.1 Å². The first-order valence-electron chi connectivity index (χ1n) is 9.06. The number of amides is 3. The monoisotopic (exact) mass is 346 g/mol. The summed E-state index contributed by atoms with van der Waals surface area (Å²) in [5, 5.41) is 3.12. The number of hydrogen-bond donors (Lipinski definition) is 1. The van der Waals surface area contributed by atoms with Crippen molar-refractivity contribution in [2.24, 2.45) is 7.05 Å². The lowest BCUT2D eigenvalue weighted by Gasteiger charge is -2.36. The maximum absolute atomic E-state index is 12.5. The number of hydrogen-bond acceptors (Lipinski definition) is 3. The first kappa shape index (κ1) is 17.5. The summed E-state index contributed by atoms with van der Waals surface area (Å²) in [6.45, 7) is 2.10. The van der Waals surface area contributed by atoms with Gasteiger partial charge in [0.15, 0.2) is 0 Å². The van der Waals surface area contributed by atoms with Crippen molar-refractivity contribution in [2.75, 3.05) is 26.2 Å². The Balaban J connectivity index is 1.52. The zero-order chi connectivity index (χ0) is 17.8. The van der Waals surface area contributed by atoms with Crippen molar-refractivity contribution >= 4 is 11.9 Å². The minimum absolute atomic E-state index is 0.0129. The second-order valence-electron chi connectivity index (χ2n) is 6.93. The maximum atomic E-state index is 12.5. The van der Waals surface area contributed by atoms with Gasteiger partial charge in [0.1, 0.15) is 0 Å². The fourth-order valence-corrected chi connectivity index (χ4v) is 3.53. The molecule has 2 fully saturated rings. The highest BCUT2D eigenvalue weighted by Gasteiger charge is 2.26. The van der Waals surface area contributed by atoms with Crippen molar-refractivity contribution in [2.45, 2.75) is 38.1 Å². The number of aryl methyl sites for hydroxylation is 1. The van der Waals surface area contributed by atoms with Crippen LogP contribution in [0.1, 0.15) is 42.5 Å². The third kappa shape index (κ3) is 4.21. The predicted molar refractivity (Wildman–Crippen MR) is 94.6 cm³/mol. The molecule has 25 heavy (non-hydrogen) atoms. The van der Waals surface area contributed by atoms with Gasteiger partial charge in [-0.1, -0.05) is 19.3 Å². The van der Waals surface area contributed by atoms with Crippen LogP contribution in [0, 0.1) is 0 Å². The van der Waals surface area contributed by atoms with Gasteiger partial charge in [0.05, 0.1) is 5.56 Å². The lowest BCUT2D eigenvalue weighted by Crippen LogP contribution is -2.54. The summed E-state index contributed by atoms with van der Waals surface area (Å²) in [7, 11) is 1.63. The first-order chi connectivity index (χ1) is 12.0. The summed E-state index contributed by atoms with van der Waals surface area (Å²) in [6, 6.07) is 3.25. The van der Waals surface area contributed by atoms with Crippen molar-refractivity contribution < 1.29 is 9.59 Å². The fourth-order valence-electron chi connectivity index (χ4n) is 3.53. The Labute approximate surface area is 147 Å². The van der Waals surface area contributed by atoms with Gasteiger partial charge in [-0.25, -0.2) is 4.79 Å². The number of aromatic nitrogens is 1. The number of carbonyl (C=O) groups is 2. The summed E-state index contributed by atoms with van der Waals surface area (Å²) in [5.74, 6) is -0.0945. The van der Waals surface area contributed by atoms with Crippen LogP contribution in [-0.2, 0) is 7.05 Å². The zero-order valence-electron chi connectivity index (χ0n) is 14.7. The zero-order valence-corrected chi connectivity index (χ0v) is 14.7. The van der Waals surface area contributed by atoms with Crippen LogP contribution in [0.4, 0.5) is 4.79 Å². The quantitative estimate of drug-likeness (QED) is 0.874. The van der Waals surface area contributed by atoms with Crippen LogP contribution >= 0.6 is 0 Å². The molecule has 0 aromatic carbocycles. The van der Waals surface area contributed by atoms with Crippen LogP contribution in [0.5, 0.6) is 0 Å². The number of carbonyl (C=O) groups excluding carboxylic acids is 2. The van der Waals surface area contributed by atoms with E-state index in [1.54, 1.807) is 29.1 Å². The van der Waals surface area contributed by atoms with Crippen molar-refractivity contribution in [1.29, 1.82) is 0 Å². The van der Waals surface area contributed by atoms with E-state index < -0.39 is 0 Å². The second kappa shape index (κ2) is 7.72. The van der Waals surface area contributed by atoms with Crippen LogP contribution in [0.25, 0.3) is 0 Å². The fraction of sp³-hybridized carbons (Fsp3) is 0.611. The molecule has 0 bridgehead atoms. The van der Waals surface area contributed by atoms with Gasteiger partial charge >= 0.3 is 6.03 Å². The van der Waals surface area contributed by atoms with Gasteiger partial charge < -0.3 is 19.7 Å². The molecule has 1 saturated carbocycles. The normalized spacial score (nSPS) is 18.9. The minimum Gasteiger partial charge on any atom is -0.335 e. The molecule has 3 rings (SSSR count). The minimum atomic E-state index is -0.138. The highest BCUT2D eigenvalue weighted by molar-refractivity contribution is 5.94. The highest BCUT2D eigenvalue weighted by Crippen LogP contribution is 2.18. The molecule has 0 atom stereocenters. The van der Waals surface area contributed by atoms with E-state index in [1.807, 2.05) is 0 Å². The molecule has 0 spiro atoms. The molecule has 1 aromatic heterocycles. The first-order valence-corrected chi connectivity index (χ1v) is 9.06. The van der Waals surface area contributed by atoms with E-state index in [0.717, 1.165) is 12.8 Å². The molecular formula is C18H26N4O3. The SMILES string of the molecule is Cn1cc(C(=O)N2CCN(C(=O)NC3CCCCC3)CC2)ccc1=O. The Morgan fingerprint density at radius 3 is 2.28 bits per heavy atom.